The summed E-state index contributed by atoms with van der Waals surface area (Å²) in [4.78, 5) is 12.6. The number of nitrogens with zero attached hydrogens (tertiary/aromatic N) is 3. The number of anilines is 1. The highest BCUT2D eigenvalue weighted by Crippen LogP contribution is 2.44. The lowest BCUT2D eigenvalue weighted by Gasteiger charge is -2.16. The van der Waals surface area contributed by atoms with Crippen LogP contribution in [0.1, 0.15) is 40.7 Å². The monoisotopic (exact) mass is 722 g/mol. The molecule has 0 fully saturated rings. The van der Waals surface area contributed by atoms with Gasteiger partial charge in [-0.3, -0.25) is 9.40 Å². The molecule has 268 valence electrons. The number of ether oxygens (including phenoxy) is 3. The summed E-state index contributed by atoms with van der Waals surface area (Å²) in [7, 11) is -2.75. The third-order valence-electron chi connectivity index (χ3n) is 8.99. The average molecular weight is 723 g/mol. The van der Waals surface area contributed by atoms with E-state index in [2.05, 4.69) is 44.6 Å². The molecule has 2 aromatic heterocycles. The molecule has 4 N–H and O–H groups in total. The van der Waals surface area contributed by atoms with Crippen molar-refractivity contribution in [2.75, 3.05) is 31.6 Å². The molecule has 13 nitrogen and oxygen atoms in total. The van der Waals surface area contributed by atoms with E-state index in [0.717, 1.165) is 38.9 Å². The van der Waals surface area contributed by atoms with Crippen molar-refractivity contribution >= 4 is 32.9 Å². The molecule has 1 aliphatic rings. The molecule has 4 aromatic carbocycles. The van der Waals surface area contributed by atoms with E-state index in [0.29, 0.717) is 36.2 Å². The smallest absolute Gasteiger partial charge is 0.407 e. The van der Waals surface area contributed by atoms with Crippen molar-refractivity contribution in [1.82, 2.24) is 20.3 Å². The van der Waals surface area contributed by atoms with Gasteiger partial charge in [0.25, 0.3) is 10.0 Å². The van der Waals surface area contributed by atoms with Gasteiger partial charge in [0.15, 0.2) is 11.4 Å². The number of rotatable bonds is 14. The fraction of sp³-hybridized carbons (Fsp3) is 0.237. The van der Waals surface area contributed by atoms with Crippen molar-refractivity contribution in [3.63, 3.8) is 0 Å². The minimum Gasteiger partial charge on any atom is -0.496 e. The molecule has 1 amide bonds. The molecular formula is C38H38N6O7S. The van der Waals surface area contributed by atoms with Gasteiger partial charge in [0.1, 0.15) is 35.0 Å². The molecule has 0 spiro atoms. The molecule has 0 aliphatic heterocycles. The summed E-state index contributed by atoms with van der Waals surface area (Å²) in [6.45, 7) is 2.96. The molecule has 0 saturated heterocycles. The highest BCUT2D eigenvalue weighted by atomic mass is 32.2. The van der Waals surface area contributed by atoms with Crippen LogP contribution < -0.4 is 25.2 Å². The Bertz CT molecular complexity index is 2310. The van der Waals surface area contributed by atoms with E-state index in [1.54, 1.807) is 41.2 Å². The standard InChI is InChI=1S/C38H38N6O7S/c1-3-24-12-13-32(49-15-14-40-38(45)50-23-31-29-10-6-4-8-27(29)28-9-5-7-11-30(28)31)35(18-24)52(46,47)43-37-36-33(48-2)16-25(17-34(36)51-42-37)21-44-22-26(19-39)20-41-44/h4-13,16-18,20,22,31H,3,14-15,19,21,23,39H2,1-2H3,(H,40,45)(H,42,43). The van der Waals surface area contributed by atoms with Crippen LogP contribution in [0, 0.1) is 0 Å². The molecule has 0 saturated carbocycles. The number of amides is 1. The molecule has 2 heterocycles. The van der Waals surface area contributed by atoms with Crippen LogP contribution >= 0.6 is 0 Å². The van der Waals surface area contributed by atoms with Crippen molar-refractivity contribution in [2.45, 2.75) is 37.2 Å². The van der Waals surface area contributed by atoms with Gasteiger partial charge in [-0.1, -0.05) is 66.7 Å². The Morgan fingerprint density at radius 2 is 1.71 bits per heavy atom. The molecule has 0 bridgehead atoms. The topological polar surface area (TPSA) is 173 Å². The van der Waals surface area contributed by atoms with E-state index in [1.807, 2.05) is 37.4 Å². The number of hydrogen-bond donors (Lipinski definition) is 3. The summed E-state index contributed by atoms with van der Waals surface area (Å²) < 4.78 is 54.7. The number of aryl methyl sites for hydroxylation is 1. The Labute approximate surface area is 300 Å². The van der Waals surface area contributed by atoms with Gasteiger partial charge in [-0.2, -0.15) is 5.10 Å². The quantitative estimate of drug-likeness (QED) is 0.116. The summed E-state index contributed by atoms with van der Waals surface area (Å²) in [6.07, 6.45) is 3.54. The normalized spacial score (nSPS) is 12.4. The van der Waals surface area contributed by atoms with Crippen LogP contribution in [0.5, 0.6) is 11.5 Å². The number of hydrogen-bond acceptors (Lipinski definition) is 10. The Morgan fingerprint density at radius 3 is 2.40 bits per heavy atom. The number of carbonyl (C=O) groups is 1. The zero-order chi connectivity index (χ0) is 36.2. The second-order valence-corrected chi connectivity index (χ2v) is 13.9. The number of carbonyl (C=O) groups excluding carboxylic acids is 1. The molecule has 6 aromatic rings. The maximum atomic E-state index is 13.9. The van der Waals surface area contributed by atoms with Crippen LogP contribution in [0.15, 0.2) is 101 Å². The minimum absolute atomic E-state index is 0.00922. The summed E-state index contributed by atoms with van der Waals surface area (Å²) in [5, 5.41) is 11.4. The summed E-state index contributed by atoms with van der Waals surface area (Å²) in [5.41, 5.74) is 13.0. The van der Waals surface area contributed by atoms with E-state index in [-0.39, 0.29) is 42.1 Å². The van der Waals surface area contributed by atoms with Gasteiger partial charge in [-0.05, 0) is 64.1 Å². The van der Waals surface area contributed by atoms with Crippen LogP contribution in [0.25, 0.3) is 22.1 Å². The number of alkyl carbamates (subject to hydrolysis) is 1. The van der Waals surface area contributed by atoms with E-state index < -0.39 is 16.1 Å². The molecule has 1 aliphatic carbocycles. The number of aromatic nitrogens is 3. The first-order chi connectivity index (χ1) is 25.3. The van der Waals surface area contributed by atoms with Gasteiger partial charge in [0.05, 0.1) is 26.4 Å². The van der Waals surface area contributed by atoms with Gasteiger partial charge >= 0.3 is 6.09 Å². The number of fused-ring (bicyclic) bond motifs is 4. The SMILES string of the molecule is CCc1ccc(OCCNC(=O)OCC2c3ccccc3-c3ccccc32)c(S(=O)(=O)Nc2noc3cc(Cn4cc(CN)cn4)cc(OC)c23)c1. The number of nitrogens with two attached hydrogens (primary N) is 1. The maximum absolute atomic E-state index is 13.9. The number of methoxy groups -OCH3 is 1. The molecule has 7 rings (SSSR count). The molecular weight excluding hydrogens is 685 g/mol. The average Bonchev–Trinajstić information content (AvgIpc) is 3.88. The van der Waals surface area contributed by atoms with Crippen LogP contribution in [0.4, 0.5) is 10.6 Å². The van der Waals surface area contributed by atoms with Crippen molar-refractivity contribution in [3.8, 4) is 22.6 Å². The Kier molecular flexibility index (Phi) is 9.83. The fourth-order valence-electron chi connectivity index (χ4n) is 6.44. The van der Waals surface area contributed by atoms with E-state index >= 15 is 0 Å². The predicted octanol–water partition coefficient (Wildman–Crippen LogP) is 5.82. The van der Waals surface area contributed by atoms with E-state index in [1.165, 1.54) is 7.11 Å². The zero-order valence-corrected chi connectivity index (χ0v) is 29.5. The summed E-state index contributed by atoms with van der Waals surface area (Å²) >= 11 is 0. The summed E-state index contributed by atoms with van der Waals surface area (Å²) in [6, 6.07) is 24.7. The Balaban J connectivity index is 1.01. The fourth-order valence-corrected chi connectivity index (χ4v) is 7.65. The van der Waals surface area contributed by atoms with Gasteiger partial charge < -0.3 is 29.8 Å². The maximum Gasteiger partial charge on any atom is 0.407 e. The van der Waals surface area contributed by atoms with Crippen molar-refractivity contribution in [3.05, 3.63) is 119 Å². The zero-order valence-electron chi connectivity index (χ0n) is 28.7. The minimum atomic E-state index is -4.23. The molecule has 52 heavy (non-hydrogen) atoms. The second-order valence-electron chi connectivity index (χ2n) is 12.3. The van der Waals surface area contributed by atoms with Crippen molar-refractivity contribution in [1.29, 1.82) is 0 Å². The molecule has 0 unspecified atom stereocenters. The van der Waals surface area contributed by atoms with Gasteiger partial charge in [-0.15, -0.1) is 0 Å². The number of benzene rings is 4. The van der Waals surface area contributed by atoms with Gasteiger partial charge in [-0.25, -0.2) is 13.2 Å². The number of nitrogens with one attached hydrogen (secondary N) is 2. The highest BCUT2D eigenvalue weighted by molar-refractivity contribution is 7.92. The van der Waals surface area contributed by atoms with Gasteiger partial charge in [0, 0.05) is 24.2 Å². The van der Waals surface area contributed by atoms with Crippen LogP contribution in [-0.4, -0.2) is 56.3 Å². The first-order valence-electron chi connectivity index (χ1n) is 16.8. The van der Waals surface area contributed by atoms with E-state index in [4.69, 9.17) is 24.5 Å². The third-order valence-corrected chi connectivity index (χ3v) is 10.4. The lowest BCUT2D eigenvalue weighted by Crippen LogP contribution is -2.30. The predicted molar refractivity (Wildman–Crippen MR) is 195 cm³/mol. The summed E-state index contributed by atoms with van der Waals surface area (Å²) in [5.74, 6) is 0.378. The van der Waals surface area contributed by atoms with E-state index in [9.17, 15) is 13.2 Å². The largest absolute Gasteiger partial charge is 0.496 e. The molecule has 0 atom stereocenters. The van der Waals surface area contributed by atoms with Crippen LogP contribution in [-0.2, 0) is 34.3 Å². The highest BCUT2D eigenvalue weighted by Gasteiger charge is 2.29. The Morgan fingerprint density at radius 1 is 0.962 bits per heavy atom. The molecule has 0 radical (unpaired) electrons. The lowest BCUT2D eigenvalue weighted by atomic mass is 9.98. The first kappa shape index (κ1) is 34.6. The van der Waals surface area contributed by atoms with Crippen molar-refractivity contribution in [2.24, 2.45) is 5.73 Å². The second kappa shape index (κ2) is 14.8. The number of sulfonamides is 1. The first-order valence-corrected chi connectivity index (χ1v) is 18.3. The van der Waals surface area contributed by atoms with Crippen LogP contribution in [0.3, 0.4) is 0 Å². The lowest BCUT2D eigenvalue weighted by molar-refractivity contribution is 0.141. The van der Waals surface area contributed by atoms with Gasteiger partial charge in [0.2, 0.25) is 0 Å². The van der Waals surface area contributed by atoms with Crippen molar-refractivity contribution < 1.29 is 31.9 Å². The van der Waals surface area contributed by atoms with Crippen LogP contribution in [0.2, 0.25) is 0 Å². The third kappa shape index (κ3) is 7.02. The Hall–Kier alpha value is -5.86. The molecule has 14 heteroatoms.